The van der Waals surface area contributed by atoms with Gasteiger partial charge < -0.3 is 11.1 Å². The number of thioether (sulfide) groups is 1. The minimum absolute atomic E-state index is 0.0383. The normalized spacial score (nSPS) is 27.7. The Balaban J connectivity index is 2.33. The van der Waals surface area contributed by atoms with Crippen LogP contribution in [0.4, 0.5) is 0 Å². The molecular weight excluding hydrogens is 208 g/mol. The van der Waals surface area contributed by atoms with Crippen molar-refractivity contribution in [3.05, 3.63) is 0 Å². The first-order valence-electron chi connectivity index (χ1n) is 5.80. The van der Waals surface area contributed by atoms with E-state index in [9.17, 15) is 4.79 Å². The van der Waals surface area contributed by atoms with Crippen LogP contribution in [0.2, 0.25) is 0 Å². The molecule has 3 unspecified atom stereocenters. The number of nitrogens with two attached hydrogens (primary N) is 1. The molecule has 0 aromatic carbocycles. The van der Waals surface area contributed by atoms with Crippen molar-refractivity contribution >= 4 is 17.7 Å². The summed E-state index contributed by atoms with van der Waals surface area (Å²) >= 11 is 1.96. The first kappa shape index (κ1) is 12.8. The Hall–Kier alpha value is -0.220. The van der Waals surface area contributed by atoms with Crippen LogP contribution in [0.15, 0.2) is 0 Å². The second kappa shape index (κ2) is 6.38. The summed E-state index contributed by atoms with van der Waals surface area (Å²) in [5.41, 5.74) is 5.59. The van der Waals surface area contributed by atoms with Crippen molar-refractivity contribution in [1.29, 1.82) is 0 Å². The minimum atomic E-state index is -0.0383. The molecule has 0 aliphatic heterocycles. The van der Waals surface area contributed by atoms with Gasteiger partial charge in [0.25, 0.3) is 0 Å². The number of hydrogen-bond donors (Lipinski definition) is 2. The monoisotopic (exact) mass is 230 g/mol. The predicted molar refractivity (Wildman–Crippen MR) is 66.0 cm³/mol. The van der Waals surface area contributed by atoms with Gasteiger partial charge in [-0.05, 0) is 25.5 Å². The molecule has 1 aliphatic rings. The fourth-order valence-corrected chi connectivity index (χ4v) is 3.26. The van der Waals surface area contributed by atoms with E-state index in [1.807, 2.05) is 18.7 Å². The van der Waals surface area contributed by atoms with Crippen LogP contribution in [0.5, 0.6) is 0 Å². The molecule has 0 spiro atoms. The number of amides is 1. The third-order valence-electron chi connectivity index (χ3n) is 2.69. The lowest BCUT2D eigenvalue weighted by Gasteiger charge is -2.20. The molecule has 1 amide bonds. The molecule has 0 radical (unpaired) electrons. The molecular formula is C11H22N2OS. The maximum atomic E-state index is 11.6. The van der Waals surface area contributed by atoms with E-state index in [0.717, 1.165) is 12.2 Å². The summed E-state index contributed by atoms with van der Waals surface area (Å²) in [6, 6.07) is 0.338. The van der Waals surface area contributed by atoms with E-state index in [2.05, 4.69) is 12.2 Å². The van der Waals surface area contributed by atoms with Gasteiger partial charge in [0, 0.05) is 23.8 Å². The number of carbonyl (C=O) groups is 1. The second-order valence-corrected chi connectivity index (χ2v) is 5.80. The average molecular weight is 230 g/mol. The fraction of sp³-hybridized carbons (Fsp3) is 0.909. The van der Waals surface area contributed by atoms with Gasteiger partial charge in [-0.2, -0.15) is 11.8 Å². The second-order valence-electron chi connectivity index (χ2n) is 4.28. The molecule has 0 aromatic rings. The molecule has 0 saturated heterocycles. The highest BCUT2D eigenvalue weighted by molar-refractivity contribution is 7.99. The molecule has 1 fully saturated rings. The van der Waals surface area contributed by atoms with Gasteiger partial charge in [0.05, 0.1) is 0 Å². The van der Waals surface area contributed by atoms with Gasteiger partial charge in [-0.3, -0.25) is 4.79 Å². The van der Waals surface area contributed by atoms with Crippen LogP contribution in [0.25, 0.3) is 0 Å². The van der Waals surface area contributed by atoms with E-state index in [1.165, 1.54) is 12.8 Å². The van der Waals surface area contributed by atoms with Crippen LogP contribution < -0.4 is 11.1 Å². The van der Waals surface area contributed by atoms with Crippen molar-refractivity contribution in [3.63, 3.8) is 0 Å². The third kappa shape index (κ3) is 4.43. The Kier molecular flexibility index (Phi) is 5.47. The molecule has 1 saturated carbocycles. The third-order valence-corrected chi connectivity index (χ3v) is 4.01. The average Bonchev–Trinajstić information content (AvgIpc) is 2.52. The Labute approximate surface area is 96.6 Å². The Morgan fingerprint density at radius 2 is 2.33 bits per heavy atom. The van der Waals surface area contributed by atoms with Gasteiger partial charge in [-0.15, -0.1) is 0 Å². The quantitative estimate of drug-likeness (QED) is 0.753. The molecule has 1 rings (SSSR count). The zero-order valence-corrected chi connectivity index (χ0v) is 10.5. The summed E-state index contributed by atoms with van der Waals surface area (Å²) in [6.45, 7) is 4.04. The molecule has 0 heterocycles. The summed E-state index contributed by atoms with van der Waals surface area (Å²) in [7, 11) is 0. The van der Waals surface area contributed by atoms with Crippen LogP contribution in [0, 0.1) is 0 Å². The molecule has 3 N–H and O–H groups in total. The highest BCUT2D eigenvalue weighted by atomic mass is 32.2. The Morgan fingerprint density at radius 3 is 2.93 bits per heavy atom. The standard InChI is InChI=1S/C11H22N2OS/c1-3-15-10-6-4-5-9(10)13-11(14)7-8(2)12/h8-10H,3-7,12H2,1-2H3,(H,13,14). The van der Waals surface area contributed by atoms with Crippen molar-refractivity contribution < 1.29 is 4.79 Å². The van der Waals surface area contributed by atoms with Crippen LogP contribution >= 0.6 is 11.8 Å². The summed E-state index contributed by atoms with van der Waals surface area (Å²) in [5.74, 6) is 1.24. The van der Waals surface area contributed by atoms with Crippen LogP contribution in [0.3, 0.4) is 0 Å². The van der Waals surface area contributed by atoms with Crippen LogP contribution in [-0.4, -0.2) is 29.0 Å². The summed E-state index contributed by atoms with van der Waals surface area (Å²) in [5, 5.41) is 3.72. The number of hydrogen-bond acceptors (Lipinski definition) is 3. The first-order valence-corrected chi connectivity index (χ1v) is 6.85. The highest BCUT2D eigenvalue weighted by Crippen LogP contribution is 2.29. The predicted octanol–water partition coefficient (Wildman–Crippen LogP) is 1.51. The molecule has 88 valence electrons. The SMILES string of the molecule is CCSC1CCCC1NC(=O)CC(C)N. The molecule has 0 aromatic heterocycles. The summed E-state index contributed by atoms with van der Waals surface area (Å²) in [6.07, 6.45) is 4.05. The number of rotatable bonds is 5. The zero-order valence-electron chi connectivity index (χ0n) is 9.66. The van der Waals surface area contributed by atoms with Crippen molar-refractivity contribution in [2.45, 2.75) is 56.9 Å². The van der Waals surface area contributed by atoms with Gasteiger partial charge in [0.15, 0.2) is 0 Å². The molecule has 0 bridgehead atoms. The lowest BCUT2D eigenvalue weighted by molar-refractivity contribution is -0.121. The molecule has 3 atom stereocenters. The van der Waals surface area contributed by atoms with E-state index in [4.69, 9.17) is 5.73 Å². The van der Waals surface area contributed by atoms with Crippen molar-refractivity contribution in [1.82, 2.24) is 5.32 Å². The zero-order chi connectivity index (χ0) is 11.3. The highest BCUT2D eigenvalue weighted by Gasteiger charge is 2.28. The smallest absolute Gasteiger partial charge is 0.221 e. The van der Waals surface area contributed by atoms with E-state index in [0.29, 0.717) is 17.7 Å². The van der Waals surface area contributed by atoms with Gasteiger partial charge in [0.2, 0.25) is 5.91 Å². The van der Waals surface area contributed by atoms with Gasteiger partial charge in [-0.1, -0.05) is 13.3 Å². The van der Waals surface area contributed by atoms with Gasteiger partial charge in [-0.25, -0.2) is 0 Å². The molecule has 4 heteroatoms. The maximum absolute atomic E-state index is 11.6. The maximum Gasteiger partial charge on any atom is 0.221 e. The Morgan fingerprint density at radius 1 is 1.60 bits per heavy atom. The number of nitrogens with one attached hydrogen (secondary N) is 1. The van der Waals surface area contributed by atoms with E-state index in [1.54, 1.807) is 0 Å². The Bertz CT molecular complexity index is 209. The van der Waals surface area contributed by atoms with Crippen LogP contribution in [-0.2, 0) is 4.79 Å². The largest absolute Gasteiger partial charge is 0.352 e. The van der Waals surface area contributed by atoms with E-state index in [-0.39, 0.29) is 11.9 Å². The van der Waals surface area contributed by atoms with Crippen LogP contribution in [0.1, 0.15) is 39.5 Å². The van der Waals surface area contributed by atoms with E-state index < -0.39 is 0 Å². The lowest BCUT2D eigenvalue weighted by Crippen LogP contribution is -2.40. The molecule has 3 nitrogen and oxygen atoms in total. The molecule has 15 heavy (non-hydrogen) atoms. The lowest BCUT2D eigenvalue weighted by atomic mass is 10.2. The number of carbonyl (C=O) groups excluding carboxylic acids is 1. The van der Waals surface area contributed by atoms with E-state index >= 15 is 0 Å². The van der Waals surface area contributed by atoms with Crippen molar-refractivity contribution in [3.8, 4) is 0 Å². The fourth-order valence-electron chi connectivity index (χ4n) is 2.06. The summed E-state index contributed by atoms with van der Waals surface area (Å²) in [4.78, 5) is 11.6. The minimum Gasteiger partial charge on any atom is -0.352 e. The van der Waals surface area contributed by atoms with Gasteiger partial charge >= 0.3 is 0 Å². The summed E-state index contributed by atoms with van der Waals surface area (Å²) < 4.78 is 0. The van der Waals surface area contributed by atoms with Gasteiger partial charge in [0.1, 0.15) is 0 Å². The molecule has 1 aliphatic carbocycles. The van der Waals surface area contributed by atoms with Crippen molar-refractivity contribution in [2.75, 3.05) is 5.75 Å². The van der Waals surface area contributed by atoms with Crippen molar-refractivity contribution in [2.24, 2.45) is 5.73 Å². The topological polar surface area (TPSA) is 55.1 Å². The first-order chi connectivity index (χ1) is 7.13.